The number of amides is 1. The van der Waals surface area contributed by atoms with Crippen molar-refractivity contribution in [3.63, 3.8) is 0 Å². The lowest BCUT2D eigenvalue weighted by molar-refractivity contribution is 0.0952. The topological polar surface area (TPSA) is 69.7 Å². The second-order valence-corrected chi connectivity index (χ2v) is 5.82. The molecule has 0 radical (unpaired) electrons. The van der Waals surface area contributed by atoms with Crippen LogP contribution in [0.15, 0.2) is 36.7 Å². The minimum absolute atomic E-state index is 0.161. The maximum absolute atomic E-state index is 12.6. The van der Waals surface area contributed by atoms with Crippen molar-refractivity contribution in [1.29, 1.82) is 0 Å². The Kier molecular flexibility index (Phi) is 8.42. The predicted molar refractivity (Wildman–Crippen MR) is 105 cm³/mol. The van der Waals surface area contributed by atoms with E-state index in [1.165, 1.54) is 0 Å². The fraction of sp³-hybridized carbons (Fsp3) is 0.429. The molecule has 0 aliphatic heterocycles. The first-order valence-electron chi connectivity index (χ1n) is 9.43. The van der Waals surface area contributed by atoms with E-state index >= 15 is 0 Å². The molecule has 2 rings (SSSR count). The third-order valence-corrected chi connectivity index (χ3v) is 3.82. The van der Waals surface area contributed by atoms with E-state index in [-0.39, 0.29) is 5.91 Å². The van der Waals surface area contributed by atoms with E-state index in [0.29, 0.717) is 49.2 Å². The van der Waals surface area contributed by atoms with E-state index < -0.39 is 0 Å². The molecule has 1 heterocycles. The minimum Gasteiger partial charge on any atom is -0.490 e. The number of aromatic nitrogens is 1. The van der Waals surface area contributed by atoms with Gasteiger partial charge in [0, 0.05) is 24.5 Å². The molecule has 146 valence electrons. The van der Waals surface area contributed by atoms with E-state index in [2.05, 4.69) is 10.3 Å². The number of carbonyl (C=O) groups is 1. The van der Waals surface area contributed by atoms with Crippen LogP contribution >= 0.6 is 0 Å². The lowest BCUT2D eigenvalue weighted by atomic mass is 10.1. The Labute approximate surface area is 160 Å². The Hall–Kier alpha value is -2.76. The van der Waals surface area contributed by atoms with E-state index in [9.17, 15) is 4.79 Å². The second kappa shape index (κ2) is 11.1. The zero-order valence-electron chi connectivity index (χ0n) is 16.3. The number of nitrogens with one attached hydrogen (secondary N) is 1. The average molecular weight is 372 g/mol. The Morgan fingerprint density at radius 1 is 1.04 bits per heavy atom. The van der Waals surface area contributed by atoms with E-state index in [0.717, 1.165) is 18.4 Å². The lowest BCUT2D eigenvalue weighted by Gasteiger charge is -2.17. The Balaban J connectivity index is 2.05. The van der Waals surface area contributed by atoms with Crippen LogP contribution < -0.4 is 19.5 Å². The molecule has 0 saturated heterocycles. The summed E-state index contributed by atoms with van der Waals surface area (Å²) in [5.41, 5.74) is 1.65. The molecule has 0 unspecified atom stereocenters. The fourth-order valence-electron chi connectivity index (χ4n) is 2.66. The van der Waals surface area contributed by atoms with Gasteiger partial charge in [0.1, 0.15) is 0 Å². The molecule has 27 heavy (non-hydrogen) atoms. The normalized spacial score (nSPS) is 10.3. The molecule has 1 aromatic carbocycles. The molecule has 0 aliphatic carbocycles. The average Bonchev–Trinajstić information content (AvgIpc) is 2.68. The number of nitrogens with zero attached hydrogens (tertiary/aromatic N) is 1. The summed E-state index contributed by atoms with van der Waals surface area (Å²) in [4.78, 5) is 16.7. The van der Waals surface area contributed by atoms with Crippen LogP contribution in [0, 0.1) is 0 Å². The highest BCUT2D eigenvalue weighted by Gasteiger charge is 2.18. The highest BCUT2D eigenvalue weighted by atomic mass is 16.5. The third-order valence-electron chi connectivity index (χ3n) is 3.82. The molecule has 6 nitrogen and oxygen atoms in total. The van der Waals surface area contributed by atoms with Crippen LogP contribution in [0.3, 0.4) is 0 Å². The molecule has 2 aromatic rings. The first-order valence-corrected chi connectivity index (χ1v) is 9.43. The number of aryl methyl sites for hydroxylation is 1. The quantitative estimate of drug-likeness (QED) is 0.610. The zero-order valence-corrected chi connectivity index (χ0v) is 16.3. The van der Waals surface area contributed by atoms with E-state index in [4.69, 9.17) is 14.2 Å². The van der Waals surface area contributed by atoms with Crippen LogP contribution in [0.25, 0.3) is 0 Å². The third kappa shape index (κ3) is 6.16. The molecule has 1 aromatic heterocycles. The van der Waals surface area contributed by atoms with Crippen molar-refractivity contribution < 1.29 is 19.0 Å². The summed E-state index contributed by atoms with van der Waals surface area (Å²) >= 11 is 0. The number of pyridine rings is 1. The van der Waals surface area contributed by atoms with Gasteiger partial charge in [0.2, 0.25) is 5.75 Å². The van der Waals surface area contributed by atoms with Gasteiger partial charge in [-0.15, -0.1) is 0 Å². The van der Waals surface area contributed by atoms with Crippen LogP contribution in [-0.4, -0.2) is 37.3 Å². The minimum atomic E-state index is -0.161. The van der Waals surface area contributed by atoms with Gasteiger partial charge < -0.3 is 19.5 Å². The van der Waals surface area contributed by atoms with Crippen molar-refractivity contribution in [2.75, 3.05) is 26.4 Å². The van der Waals surface area contributed by atoms with Gasteiger partial charge in [0.15, 0.2) is 11.5 Å². The van der Waals surface area contributed by atoms with Crippen molar-refractivity contribution >= 4 is 5.91 Å². The molecule has 0 aliphatic rings. The lowest BCUT2D eigenvalue weighted by Crippen LogP contribution is -2.25. The largest absolute Gasteiger partial charge is 0.490 e. The Morgan fingerprint density at radius 3 is 2.26 bits per heavy atom. The fourth-order valence-corrected chi connectivity index (χ4v) is 2.66. The van der Waals surface area contributed by atoms with Gasteiger partial charge in [-0.3, -0.25) is 9.78 Å². The summed E-state index contributed by atoms with van der Waals surface area (Å²) in [7, 11) is 0. The summed E-state index contributed by atoms with van der Waals surface area (Å²) in [6.45, 7) is 7.69. The molecule has 0 fully saturated rings. The summed E-state index contributed by atoms with van der Waals surface area (Å²) in [5, 5.41) is 2.95. The van der Waals surface area contributed by atoms with Gasteiger partial charge in [0.05, 0.1) is 19.8 Å². The summed E-state index contributed by atoms with van der Waals surface area (Å²) < 4.78 is 17.0. The maximum Gasteiger partial charge on any atom is 0.251 e. The number of benzene rings is 1. The van der Waals surface area contributed by atoms with Gasteiger partial charge in [-0.25, -0.2) is 0 Å². The van der Waals surface area contributed by atoms with Crippen LogP contribution in [0.1, 0.15) is 43.1 Å². The molecular formula is C21H28N2O4. The number of hydrogen-bond donors (Lipinski definition) is 1. The van der Waals surface area contributed by atoms with Gasteiger partial charge in [-0.2, -0.15) is 0 Å². The first kappa shape index (κ1) is 20.6. The maximum atomic E-state index is 12.6. The SMILES string of the molecule is CCOc1cc(C(=O)NCCCc2cccnc2)cc(OCC)c1OCC. The van der Waals surface area contributed by atoms with Crippen LogP contribution in [0.5, 0.6) is 17.2 Å². The number of ether oxygens (including phenoxy) is 3. The zero-order chi connectivity index (χ0) is 19.5. The number of rotatable bonds is 11. The van der Waals surface area contributed by atoms with E-state index in [1.807, 2.05) is 39.1 Å². The Bertz CT molecular complexity index is 692. The van der Waals surface area contributed by atoms with Crippen LogP contribution in [-0.2, 0) is 6.42 Å². The Morgan fingerprint density at radius 2 is 1.70 bits per heavy atom. The molecule has 0 atom stereocenters. The summed E-state index contributed by atoms with van der Waals surface area (Å²) in [5.74, 6) is 1.41. The van der Waals surface area contributed by atoms with Gasteiger partial charge in [0.25, 0.3) is 5.91 Å². The summed E-state index contributed by atoms with van der Waals surface area (Å²) in [6.07, 6.45) is 5.30. The van der Waals surface area contributed by atoms with Gasteiger partial charge >= 0.3 is 0 Å². The van der Waals surface area contributed by atoms with Crippen molar-refractivity contribution in [2.24, 2.45) is 0 Å². The molecule has 0 spiro atoms. The molecule has 6 heteroatoms. The second-order valence-electron chi connectivity index (χ2n) is 5.82. The molecular weight excluding hydrogens is 344 g/mol. The number of carbonyl (C=O) groups excluding carboxylic acids is 1. The van der Waals surface area contributed by atoms with Crippen LogP contribution in [0.2, 0.25) is 0 Å². The van der Waals surface area contributed by atoms with Crippen molar-refractivity contribution in [3.8, 4) is 17.2 Å². The highest BCUT2D eigenvalue weighted by Crippen LogP contribution is 2.39. The smallest absolute Gasteiger partial charge is 0.251 e. The molecule has 1 amide bonds. The predicted octanol–water partition coefficient (Wildman–Crippen LogP) is 3.64. The molecule has 0 bridgehead atoms. The van der Waals surface area contributed by atoms with Crippen molar-refractivity contribution in [2.45, 2.75) is 33.6 Å². The van der Waals surface area contributed by atoms with Gasteiger partial charge in [-0.05, 0) is 57.4 Å². The van der Waals surface area contributed by atoms with E-state index in [1.54, 1.807) is 18.3 Å². The molecule has 0 saturated carbocycles. The first-order chi connectivity index (χ1) is 13.2. The standard InChI is InChI=1S/C21H28N2O4/c1-4-25-18-13-17(14-19(26-5-2)20(18)27-6-3)21(24)23-12-8-10-16-9-7-11-22-15-16/h7,9,11,13-15H,4-6,8,10,12H2,1-3H3,(H,23,24). The van der Waals surface area contributed by atoms with Crippen molar-refractivity contribution in [3.05, 3.63) is 47.8 Å². The monoisotopic (exact) mass is 372 g/mol. The number of hydrogen-bond acceptors (Lipinski definition) is 5. The summed E-state index contributed by atoms with van der Waals surface area (Å²) in [6, 6.07) is 7.35. The highest BCUT2D eigenvalue weighted by molar-refractivity contribution is 5.95. The van der Waals surface area contributed by atoms with Gasteiger partial charge in [-0.1, -0.05) is 6.07 Å². The van der Waals surface area contributed by atoms with Crippen LogP contribution in [0.4, 0.5) is 0 Å². The van der Waals surface area contributed by atoms with Crippen molar-refractivity contribution in [1.82, 2.24) is 10.3 Å². The molecule has 1 N–H and O–H groups in total.